The van der Waals surface area contributed by atoms with Gasteiger partial charge in [-0.05, 0) is 98.7 Å². The molecule has 3 aromatic rings. The number of piperidine rings is 1. The first kappa shape index (κ1) is 40.6. The summed E-state index contributed by atoms with van der Waals surface area (Å²) in [6.45, 7) is 1.37. The number of carbonyl (C=O) groups excluding carboxylic acids is 3. The van der Waals surface area contributed by atoms with Crippen LogP contribution in [0.5, 0.6) is 5.75 Å². The summed E-state index contributed by atoms with van der Waals surface area (Å²) in [6.07, 6.45) is 4.75. The van der Waals surface area contributed by atoms with Gasteiger partial charge in [-0.3, -0.25) is 9.59 Å². The molecule has 1 aromatic carbocycles. The van der Waals surface area contributed by atoms with Crippen LogP contribution in [0.4, 0.5) is 5.69 Å². The van der Waals surface area contributed by atoms with Crippen molar-refractivity contribution in [1.29, 1.82) is 0 Å². The molecule has 7 N–H and O–H groups in total. The molecule has 0 bridgehead atoms. The van der Waals surface area contributed by atoms with Crippen LogP contribution in [0.25, 0.3) is 0 Å². The van der Waals surface area contributed by atoms with E-state index in [1.165, 1.54) is 22.7 Å². The highest BCUT2D eigenvalue weighted by Crippen LogP contribution is 2.39. The predicted molar refractivity (Wildman–Crippen MR) is 209 cm³/mol. The van der Waals surface area contributed by atoms with Gasteiger partial charge in [0.1, 0.15) is 11.9 Å². The highest BCUT2D eigenvalue weighted by molar-refractivity contribution is 7.12. The number of amides is 2. The van der Waals surface area contributed by atoms with E-state index in [9.17, 15) is 29.7 Å². The van der Waals surface area contributed by atoms with Crippen molar-refractivity contribution < 1.29 is 39.2 Å². The van der Waals surface area contributed by atoms with Crippen molar-refractivity contribution in [3.05, 3.63) is 67.5 Å². The SMILES string of the molecule is COc1cc(NC(=O)CCCNC2CCC(OC(=O)C(O)(c3cccs3)c3cccs3)CC2)c(Cl)cc1CNC[C@H](O)C1CCC(O)C2NC(=O)CCC21. The minimum Gasteiger partial charge on any atom is -0.496 e. The Labute approximate surface area is 329 Å². The van der Waals surface area contributed by atoms with E-state index in [0.717, 1.165) is 18.4 Å². The Bertz CT molecular complexity index is 1670. The van der Waals surface area contributed by atoms with Crippen molar-refractivity contribution in [3.8, 4) is 5.75 Å². The minimum absolute atomic E-state index is 0.0288. The Morgan fingerprint density at radius 1 is 1.06 bits per heavy atom. The number of hydrogen-bond acceptors (Lipinski definition) is 12. The number of hydrogen-bond donors (Lipinski definition) is 7. The van der Waals surface area contributed by atoms with E-state index in [0.29, 0.717) is 97.2 Å². The molecule has 2 saturated carbocycles. The van der Waals surface area contributed by atoms with Crippen molar-refractivity contribution in [1.82, 2.24) is 16.0 Å². The summed E-state index contributed by atoms with van der Waals surface area (Å²) in [5.41, 5.74) is -0.565. The average Bonchev–Trinajstić information content (AvgIpc) is 3.92. The zero-order chi connectivity index (χ0) is 38.2. The fourth-order valence-corrected chi connectivity index (χ4v) is 10.1. The second kappa shape index (κ2) is 18.7. The second-order valence-electron chi connectivity index (χ2n) is 14.6. The molecule has 4 unspecified atom stereocenters. The second-order valence-corrected chi connectivity index (χ2v) is 16.9. The molecular weight excluding hydrogens is 752 g/mol. The van der Waals surface area contributed by atoms with Gasteiger partial charge in [0.25, 0.3) is 0 Å². The monoisotopic (exact) mass is 802 g/mol. The molecule has 1 aliphatic heterocycles. The Kier molecular flexibility index (Phi) is 14.1. The topological polar surface area (TPSA) is 178 Å². The maximum atomic E-state index is 13.3. The van der Waals surface area contributed by atoms with Crippen molar-refractivity contribution in [2.75, 3.05) is 25.5 Å². The van der Waals surface area contributed by atoms with Crippen molar-refractivity contribution in [3.63, 3.8) is 0 Å². The van der Waals surface area contributed by atoms with Gasteiger partial charge in [0.05, 0.1) is 45.8 Å². The van der Waals surface area contributed by atoms with Crippen LogP contribution >= 0.6 is 34.3 Å². The maximum absolute atomic E-state index is 13.3. The summed E-state index contributed by atoms with van der Waals surface area (Å²) in [5, 5.41) is 49.7. The molecule has 5 atom stereocenters. The van der Waals surface area contributed by atoms with E-state index in [2.05, 4.69) is 21.3 Å². The molecule has 2 aliphatic carbocycles. The quantitative estimate of drug-likeness (QED) is 0.0795. The van der Waals surface area contributed by atoms with Gasteiger partial charge >= 0.3 is 5.97 Å². The van der Waals surface area contributed by atoms with Crippen LogP contribution in [0.1, 0.15) is 79.5 Å². The number of aliphatic hydroxyl groups excluding tert-OH is 2. The zero-order valence-electron chi connectivity index (χ0n) is 30.4. The van der Waals surface area contributed by atoms with Crippen LogP contribution in [0, 0.1) is 11.8 Å². The third kappa shape index (κ3) is 9.65. The van der Waals surface area contributed by atoms with E-state index in [-0.39, 0.29) is 41.8 Å². The van der Waals surface area contributed by atoms with Gasteiger partial charge in [0.2, 0.25) is 17.4 Å². The number of thiophene rings is 2. The molecule has 0 spiro atoms. The average molecular weight is 803 g/mol. The van der Waals surface area contributed by atoms with Gasteiger partial charge in [-0.15, -0.1) is 22.7 Å². The van der Waals surface area contributed by atoms with Gasteiger partial charge in [0, 0.05) is 43.6 Å². The zero-order valence-corrected chi connectivity index (χ0v) is 32.8. The van der Waals surface area contributed by atoms with Gasteiger partial charge in [-0.25, -0.2) is 4.79 Å². The standard InChI is InChI=1S/C39H51ClN4O8S2/c1-51-32-20-29(28(40)19-23(32)21-41-22-31(46)26-12-14-30(45)37-27(26)13-15-36(48)44-37)43-35(47)7-2-16-42-24-8-10-25(11-9-24)52-38(49)39(50,33-5-3-17-53-33)34-6-4-18-54-34/h3-6,17-20,24-27,30-31,37,41-42,45-46,50H,2,7-16,21-22H2,1H3,(H,43,47)(H,44,48)/t24?,25?,26?,27?,30?,31-,37?/m0/s1. The summed E-state index contributed by atoms with van der Waals surface area (Å²) in [6, 6.07) is 10.5. The summed E-state index contributed by atoms with van der Waals surface area (Å²) in [5.74, 6) is -0.287. The van der Waals surface area contributed by atoms with E-state index in [1.807, 2.05) is 22.9 Å². The first-order chi connectivity index (χ1) is 26.1. The predicted octanol–water partition coefficient (Wildman–Crippen LogP) is 4.69. The molecule has 3 fully saturated rings. The Hall–Kier alpha value is -3.08. The molecule has 2 amide bonds. The van der Waals surface area contributed by atoms with E-state index in [1.54, 1.807) is 31.4 Å². The van der Waals surface area contributed by atoms with E-state index >= 15 is 0 Å². The van der Waals surface area contributed by atoms with Crippen molar-refractivity contribution >= 4 is 57.7 Å². The lowest BCUT2D eigenvalue weighted by atomic mass is 9.68. The summed E-state index contributed by atoms with van der Waals surface area (Å²) < 4.78 is 11.5. The molecule has 2 aromatic heterocycles. The smallest absolute Gasteiger partial charge is 0.349 e. The molecule has 3 aliphatic rings. The van der Waals surface area contributed by atoms with Crippen LogP contribution in [0.2, 0.25) is 5.02 Å². The molecule has 294 valence electrons. The van der Waals surface area contributed by atoms with Crippen LogP contribution in [-0.4, -0.2) is 83.7 Å². The Balaban J connectivity index is 0.897. The first-order valence-electron chi connectivity index (χ1n) is 18.8. The number of nitrogens with one attached hydrogen (secondary N) is 4. The summed E-state index contributed by atoms with van der Waals surface area (Å²) in [7, 11) is 1.55. The normalized spacial score (nSPS) is 24.9. The third-order valence-electron chi connectivity index (χ3n) is 11.1. The molecule has 12 nitrogen and oxygen atoms in total. The fourth-order valence-electron chi connectivity index (χ4n) is 8.14. The molecule has 0 radical (unpaired) electrons. The van der Waals surface area contributed by atoms with Crippen LogP contribution in [-0.2, 0) is 31.3 Å². The van der Waals surface area contributed by atoms with Crippen LogP contribution in [0.3, 0.4) is 0 Å². The van der Waals surface area contributed by atoms with Crippen LogP contribution < -0.4 is 26.0 Å². The number of benzene rings is 1. The molecule has 1 saturated heterocycles. The molecule has 6 rings (SSSR count). The first-order valence-corrected chi connectivity index (χ1v) is 21.0. The van der Waals surface area contributed by atoms with Gasteiger partial charge in [-0.2, -0.15) is 0 Å². The fraction of sp³-hybridized carbons (Fsp3) is 0.564. The number of ether oxygens (including phenoxy) is 2. The number of rotatable bonds is 16. The number of fused-ring (bicyclic) bond motifs is 1. The lowest BCUT2D eigenvalue weighted by Crippen LogP contribution is -2.58. The minimum atomic E-state index is -1.80. The van der Waals surface area contributed by atoms with Gasteiger partial charge in [-0.1, -0.05) is 23.7 Å². The maximum Gasteiger partial charge on any atom is 0.349 e. The molecular formula is C39H51ClN4O8S2. The summed E-state index contributed by atoms with van der Waals surface area (Å²) >= 11 is 9.24. The highest BCUT2D eigenvalue weighted by atomic mass is 35.5. The molecule has 54 heavy (non-hydrogen) atoms. The van der Waals surface area contributed by atoms with E-state index in [4.69, 9.17) is 21.1 Å². The van der Waals surface area contributed by atoms with Gasteiger partial charge in [0.15, 0.2) is 0 Å². The molecule has 15 heteroatoms. The Morgan fingerprint density at radius 3 is 2.44 bits per heavy atom. The van der Waals surface area contributed by atoms with E-state index < -0.39 is 23.8 Å². The largest absolute Gasteiger partial charge is 0.496 e. The highest BCUT2D eigenvalue weighted by Gasteiger charge is 2.46. The number of carbonyl (C=O) groups is 3. The number of aliphatic hydroxyl groups is 3. The third-order valence-corrected chi connectivity index (χ3v) is 13.3. The number of halogens is 1. The number of methoxy groups -OCH3 is 1. The van der Waals surface area contributed by atoms with Crippen molar-refractivity contribution in [2.24, 2.45) is 11.8 Å². The lowest BCUT2D eigenvalue weighted by Gasteiger charge is -2.45. The summed E-state index contributed by atoms with van der Waals surface area (Å²) in [4.78, 5) is 39.1. The van der Waals surface area contributed by atoms with Crippen molar-refractivity contribution in [2.45, 2.75) is 107 Å². The lowest BCUT2D eigenvalue weighted by molar-refractivity contribution is -0.169. The number of esters is 1. The van der Waals surface area contributed by atoms with Crippen LogP contribution in [0.15, 0.2) is 47.2 Å². The Morgan fingerprint density at radius 2 is 1.78 bits per heavy atom. The number of anilines is 1. The van der Waals surface area contributed by atoms with Gasteiger partial charge < -0.3 is 46.1 Å². The molecule has 3 heterocycles.